The van der Waals surface area contributed by atoms with Gasteiger partial charge in [-0.1, -0.05) is 48.5 Å². The molecule has 0 bridgehead atoms. The zero-order valence-electron chi connectivity index (χ0n) is 18.6. The Hall–Kier alpha value is -1.92. The lowest BCUT2D eigenvalue weighted by atomic mass is 10.2. The molecule has 26 heavy (non-hydrogen) atoms. The summed E-state index contributed by atoms with van der Waals surface area (Å²) in [5.74, 6) is -0.431. The van der Waals surface area contributed by atoms with Gasteiger partial charge in [-0.05, 0) is 0 Å². The summed E-state index contributed by atoms with van der Waals surface area (Å²) in [6, 6.07) is 0. The zero-order valence-corrected chi connectivity index (χ0v) is 18.6. The summed E-state index contributed by atoms with van der Waals surface area (Å²) >= 11 is 0. The van der Waals surface area contributed by atoms with Crippen LogP contribution in [0.3, 0.4) is 0 Å². The third kappa shape index (κ3) is 37.9. The molecule has 0 aromatic rings. The Balaban J connectivity index is -0.0000000875. The van der Waals surface area contributed by atoms with Gasteiger partial charge in [-0.2, -0.15) is 0 Å². The normalized spacial score (nSPS) is 7.46. The molecule has 2 amide bonds. The third-order valence-corrected chi connectivity index (χ3v) is 2.37. The maximum absolute atomic E-state index is 10.7. The van der Waals surface area contributed by atoms with E-state index in [9.17, 15) is 19.2 Å². The number of ether oxygens (including phenoxy) is 1. The maximum Gasteiger partial charge on any atom is 0.306 e. The number of rotatable bonds is 7. The molecule has 0 aromatic carbocycles. The largest absolute Gasteiger partial charge is 0.469 e. The highest BCUT2D eigenvalue weighted by atomic mass is 16.5. The molecule has 158 valence electrons. The van der Waals surface area contributed by atoms with E-state index in [1.165, 1.54) is 14.2 Å². The van der Waals surface area contributed by atoms with Crippen LogP contribution in [0, 0.1) is 0 Å². The van der Waals surface area contributed by atoms with E-state index in [2.05, 4.69) is 15.4 Å². The number of hydrogen-bond donors (Lipinski definition) is 2. The van der Waals surface area contributed by atoms with Crippen LogP contribution in [0.5, 0.6) is 0 Å². The molecule has 0 aromatic heterocycles. The highest BCUT2D eigenvalue weighted by Crippen LogP contribution is 1.93. The minimum Gasteiger partial charge on any atom is -0.469 e. The van der Waals surface area contributed by atoms with Gasteiger partial charge in [0, 0.05) is 39.8 Å². The van der Waals surface area contributed by atoms with Crippen molar-refractivity contribution in [2.45, 2.75) is 80.6 Å². The van der Waals surface area contributed by atoms with Crippen LogP contribution >= 0.6 is 0 Å². The van der Waals surface area contributed by atoms with Gasteiger partial charge in [0.15, 0.2) is 0 Å². The first kappa shape index (κ1) is 35.2. The van der Waals surface area contributed by atoms with E-state index in [1.54, 1.807) is 14.0 Å². The zero-order chi connectivity index (χ0) is 22.0. The predicted octanol–water partition coefficient (Wildman–Crippen LogP) is 3.26. The summed E-state index contributed by atoms with van der Waals surface area (Å²) in [5.41, 5.74) is 0. The molecule has 0 aliphatic rings. The van der Waals surface area contributed by atoms with E-state index in [4.69, 9.17) is 0 Å². The van der Waals surface area contributed by atoms with Crippen molar-refractivity contribution in [3.8, 4) is 0 Å². The molecule has 0 aliphatic heterocycles. The molecule has 2 N–H and O–H groups in total. The Morgan fingerprint density at radius 1 is 0.692 bits per heavy atom. The average Bonchev–Trinajstić information content (AvgIpc) is 2.74. The maximum atomic E-state index is 10.7. The molecule has 0 aliphatic carbocycles. The van der Waals surface area contributed by atoms with E-state index in [0.717, 1.165) is 0 Å². The number of esters is 1. The van der Waals surface area contributed by atoms with Gasteiger partial charge in [0.1, 0.15) is 5.78 Å². The van der Waals surface area contributed by atoms with E-state index in [-0.39, 0.29) is 36.4 Å². The highest BCUT2D eigenvalue weighted by Gasteiger charge is 2.03. The van der Waals surface area contributed by atoms with E-state index in [0.29, 0.717) is 19.3 Å². The van der Waals surface area contributed by atoms with Crippen molar-refractivity contribution in [1.82, 2.24) is 10.6 Å². The van der Waals surface area contributed by atoms with Crippen molar-refractivity contribution in [2.24, 2.45) is 0 Å². The minimum atomic E-state index is -0.358. The highest BCUT2D eigenvalue weighted by molar-refractivity contribution is 5.84. The molecule has 0 radical (unpaired) electrons. The lowest BCUT2D eigenvalue weighted by Crippen LogP contribution is -2.18. The van der Waals surface area contributed by atoms with Gasteiger partial charge in [-0.25, -0.2) is 0 Å². The second kappa shape index (κ2) is 34.4. The first-order chi connectivity index (χ1) is 12.4. The fourth-order valence-corrected chi connectivity index (χ4v) is 0.997. The molecule has 0 unspecified atom stereocenters. The van der Waals surface area contributed by atoms with Crippen LogP contribution in [0.2, 0.25) is 0 Å². The van der Waals surface area contributed by atoms with Gasteiger partial charge in [0.2, 0.25) is 11.8 Å². The van der Waals surface area contributed by atoms with Crippen molar-refractivity contribution in [2.75, 3.05) is 21.2 Å². The molecule has 0 spiro atoms. The number of nitrogens with one attached hydrogen (secondary N) is 2. The predicted molar refractivity (Wildman–Crippen MR) is 108 cm³/mol. The quantitative estimate of drug-likeness (QED) is 0.662. The molecule has 7 heteroatoms. The van der Waals surface area contributed by atoms with E-state index >= 15 is 0 Å². The van der Waals surface area contributed by atoms with Crippen LogP contribution in [-0.4, -0.2) is 44.8 Å². The number of ketones is 1. The van der Waals surface area contributed by atoms with Crippen molar-refractivity contribution in [3.63, 3.8) is 0 Å². The van der Waals surface area contributed by atoms with Crippen molar-refractivity contribution >= 4 is 23.6 Å². The number of methoxy groups -OCH3 is 1. The monoisotopic (exact) mass is 378 g/mol. The number of amides is 2. The van der Waals surface area contributed by atoms with Crippen LogP contribution in [0.25, 0.3) is 0 Å². The van der Waals surface area contributed by atoms with Gasteiger partial charge in [0.25, 0.3) is 0 Å². The van der Waals surface area contributed by atoms with E-state index < -0.39 is 0 Å². The molecule has 0 saturated carbocycles. The van der Waals surface area contributed by atoms with Gasteiger partial charge >= 0.3 is 5.97 Å². The number of carbonyl (C=O) groups excluding carboxylic acids is 4. The van der Waals surface area contributed by atoms with Gasteiger partial charge < -0.3 is 15.4 Å². The fourth-order valence-electron chi connectivity index (χ4n) is 0.997. The van der Waals surface area contributed by atoms with Gasteiger partial charge in [-0.15, -0.1) is 0 Å². The van der Waals surface area contributed by atoms with Crippen LogP contribution < -0.4 is 10.6 Å². The van der Waals surface area contributed by atoms with Crippen molar-refractivity contribution < 1.29 is 23.9 Å². The molecule has 0 saturated heterocycles. The van der Waals surface area contributed by atoms with Crippen LogP contribution in [0.4, 0.5) is 0 Å². The summed E-state index contributed by atoms with van der Waals surface area (Å²) in [6.07, 6.45) is 1.57. The first-order valence-corrected chi connectivity index (χ1v) is 9.40. The van der Waals surface area contributed by atoms with Crippen LogP contribution in [0.15, 0.2) is 0 Å². The minimum absolute atomic E-state index is 0.0678. The lowest BCUT2D eigenvalue weighted by molar-refractivity contribution is -0.142. The molecular weight excluding hydrogens is 336 g/mol. The topological polar surface area (TPSA) is 102 Å². The first-order valence-electron chi connectivity index (χ1n) is 9.40. The Bertz CT molecular complexity index is 268. The average molecular weight is 379 g/mol. The summed E-state index contributed by atoms with van der Waals surface area (Å²) in [4.78, 5) is 42.2. The Labute approximate surface area is 160 Å². The Morgan fingerprint density at radius 3 is 1.31 bits per heavy atom. The van der Waals surface area contributed by atoms with E-state index in [1.807, 2.05) is 41.5 Å². The molecule has 7 nitrogen and oxygen atoms in total. The van der Waals surface area contributed by atoms with Crippen LogP contribution in [0.1, 0.15) is 80.6 Å². The molecule has 0 atom stereocenters. The Kier molecular flexibility index (Phi) is 46.6. The third-order valence-electron chi connectivity index (χ3n) is 2.37. The number of carbonyl (C=O) groups is 4. The number of hydrogen-bond acceptors (Lipinski definition) is 5. The Morgan fingerprint density at radius 2 is 1.04 bits per heavy atom. The summed E-state index contributed by atoms with van der Waals surface area (Å²) in [7, 11) is 4.39. The molecule has 0 fully saturated rings. The standard InChI is InChI=1S/C7H13NO2.C6H11NO3.3C2H6/c1-3-6(9)4-5-7(10)8-2;1-7-5(8)3-4-6(9)10-2;3*1-2/h3-5H2,1-2H3,(H,8,10);3-4H2,1-2H3,(H,7,8);3*1-2H3. The van der Waals surface area contributed by atoms with Gasteiger partial charge in [-0.3, -0.25) is 19.2 Å². The summed E-state index contributed by atoms with van der Waals surface area (Å²) in [5, 5.41) is 4.85. The number of Topliss-reactive ketones (excluding diaryl/α,β-unsaturated/α-hetero) is 1. The van der Waals surface area contributed by atoms with Crippen LogP contribution in [-0.2, 0) is 23.9 Å². The SMILES string of the molecule is CC.CC.CC.CCC(=O)CCC(=O)NC.CNC(=O)CCC(=O)OC. The summed E-state index contributed by atoms with van der Waals surface area (Å²) < 4.78 is 4.33. The van der Waals surface area contributed by atoms with Crippen molar-refractivity contribution in [1.29, 1.82) is 0 Å². The van der Waals surface area contributed by atoms with Gasteiger partial charge in [0.05, 0.1) is 13.5 Å². The molecular formula is C19H42N2O5. The second-order valence-electron chi connectivity index (χ2n) is 3.81. The lowest BCUT2D eigenvalue weighted by Gasteiger charge is -1.97. The molecule has 0 heterocycles. The van der Waals surface area contributed by atoms with Crippen molar-refractivity contribution in [3.05, 3.63) is 0 Å². The summed E-state index contributed by atoms with van der Waals surface area (Å²) in [6.45, 7) is 13.8. The fraction of sp³-hybridized carbons (Fsp3) is 0.789. The molecule has 0 rings (SSSR count). The second-order valence-corrected chi connectivity index (χ2v) is 3.81. The smallest absolute Gasteiger partial charge is 0.306 e.